The number of nitrogens with zero attached hydrogens (tertiary/aromatic N) is 5. The smallest absolute Gasteiger partial charge is 0.197 e. The van der Waals surface area contributed by atoms with Crippen molar-refractivity contribution in [1.29, 1.82) is 0 Å². The van der Waals surface area contributed by atoms with E-state index in [4.69, 9.17) is 5.73 Å². The highest BCUT2D eigenvalue weighted by molar-refractivity contribution is 7.99. The third kappa shape index (κ3) is 2.22. The molecule has 19 heavy (non-hydrogen) atoms. The molecule has 0 amide bonds. The number of hydrogen-bond donors (Lipinski definition) is 1. The minimum Gasteiger partial charge on any atom is -0.395 e. The first kappa shape index (κ1) is 12.5. The Bertz CT molecular complexity index is 600. The zero-order valence-corrected chi connectivity index (χ0v) is 12.1. The number of rotatable bonds is 2. The van der Waals surface area contributed by atoms with E-state index in [0.717, 1.165) is 40.4 Å². The van der Waals surface area contributed by atoms with E-state index in [1.807, 2.05) is 18.7 Å². The molecule has 0 atom stereocenters. The minimum absolute atomic E-state index is 0.735. The molecule has 1 aliphatic heterocycles. The van der Waals surface area contributed by atoms with E-state index in [0.29, 0.717) is 0 Å². The Hall–Kier alpha value is -1.50. The van der Waals surface area contributed by atoms with Gasteiger partial charge in [-0.05, 0) is 31.5 Å². The topological polar surface area (TPSA) is 74.5 Å². The molecular formula is C12H18N6S. The number of fused-ring (bicyclic) bond motifs is 1. The molecule has 3 rings (SSSR count). The van der Waals surface area contributed by atoms with Crippen LogP contribution in [0.25, 0.3) is 0 Å². The van der Waals surface area contributed by atoms with Crippen LogP contribution in [0.5, 0.6) is 0 Å². The summed E-state index contributed by atoms with van der Waals surface area (Å²) in [5.74, 6) is 1.09. The van der Waals surface area contributed by atoms with Crippen molar-refractivity contribution >= 4 is 17.4 Å². The van der Waals surface area contributed by atoms with Crippen LogP contribution >= 0.6 is 11.8 Å². The average Bonchev–Trinajstić information content (AvgIpc) is 2.75. The van der Waals surface area contributed by atoms with Gasteiger partial charge in [0.05, 0.1) is 11.4 Å². The summed E-state index contributed by atoms with van der Waals surface area (Å²) in [6, 6.07) is 0. The first-order valence-electron chi connectivity index (χ1n) is 6.56. The van der Waals surface area contributed by atoms with Gasteiger partial charge in [0.15, 0.2) is 5.16 Å². The van der Waals surface area contributed by atoms with Crippen LogP contribution in [0, 0.1) is 6.92 Å². The second-order valence-corrected chi connectivity index (χ2v) is 5.85. The Morgan fingerprint density at radius 3 is 2.79 bits per heavy atom. The molecule has 102 valence electrons. The first-order chi connectivity index (χ1) is 9.16. The molecule has 2 aromatic heterocycles. The highest BCUT2D eigenvalue weighted by Gasteiger charge is 2.19. The maximum absolute atomic E-state index is 6.07. The second kappa shape index (κ2) is 4.88. The Labute approximate surface area is 116 Å². The van der Waals surface area contributed by atoms with E-state index >= 15 is 0 Å². The third-order valence-electron chi connectivity index (χ3n) is 3.48. The van der Waals surface area contributed by atoms with Gasteiger partial charge in [-0.3, -0.25) is 4.68 Å². The normalized spacial score (nSPS) is 15.3. The largest absolute Gasteiger partial charge is 0.395 e. The molecule has 0 unspecified atom stereocenters. The summed E-state index contributed by atoms with van der Waals surface area (Å²) in [5.41, 5.74) is 7.66. The van der Waals surface area contributed by atoms with Crippen molar-refractivity contribution in [2.45, 2.75) is 49.3 Å². The molecule has 3 heterocycles. The molecule has 2 aromatic rings. The standard InChI is InChI=1S/C12H18N6S/c1-8-10(13)11(17(2)16-8)19-12-15-14-9-6-4-3-5-7-18(9)12/h3-7,13H2,1-2H3. The van der Waals surface area contributed by atoms with Gasteiger partial charge in [-0.2, -0.15) is 5.10 Å². The molecule has 0 bridgehead atoms. The molecule has 0 aliphatic carbocycles. The zero-order chi connectivity index (χ0) is 13.4. The van der Waals surface area contributed by atoms with Gasteiger partial charge in [0.1, 0.15) is 10.9 Å². The molecule has 0 aromatic carbocycles. The van der Waals surface area contributed by atoms with Gasteiger partial charge in [-0.1, -0.05) is 6.42 Å². The number of nitrogen functional groups attached to an aromatic ring is 1. The fourth-order valence-electron chi connectivity index (χ4n) is 2.39. The quantitative estimate of drug-likeness (QED) is 0.906. The third-order valence-corrected chi connectivity index (χ3v) is 4.64. The molecular weight excluding hydrogens is 260 g/mol. The number of nitrogens with two attached hydrogens (primary N) is 1. The lowest BCUT2D eigenvalue weighted by atomic mass is 10.2. The van der Waals surface area contributed by atoms with Gasteiger partial charge >= 0.3 is 0 Å². The predicted molar refractivity (Wildman–Crippen MR) is 74.1 cm³/mol. The van der Waals surface area contributed by atoms with Crippen LogP contribution < -0.4 is 5.73 Å². The summed E-state index contributed by atoms with van der Waals surface area (Å²) in [4.78, 5) is 0. The predicted octanol–water partition coefficient (Wildman–Crippen LogP) is 1.78. The van der Waals surface area contributed by atoms with Gasteiger partial charge in [-0.25, -0.2) is 0 Å². The van der Waals surface area contributed by atoms with Gasteiger partial charge in [0.2, 0.25) is 0 Å². The molecule has 1 aliphatic rings. The zero-order valence-electron chi connectivity index (χ0n) is 11.3. The van der Waals surface area contributed by atoms with Crippen molar-refractivity contribution < 1.29 is 0 Å². The van der Waals surface area contributed by atoms with E-state index in [9.17, 15) is 0 Å². The summed E-state index contributed by atoms with van der Waals surface area (Å²) >= 11 is 1.56. The minimum atomic E-state index is 0.735. The lowest BCUT2D eigenvalue weighted by Crippen LogP contribution is -2.03. The van der Waals surface area contributed by atoms with Crippen molar-refractivity contribution in [1.82, 2.24) is 24.5 Å². The maximum atomic E-state index is 6.07. The first-order valence-corrected chi connectivity index (χ1v) is 7.37. The Morgan fingerprint density at radius 1 is 1.21 bits per heavy atom. The SMILES string of the molecule is Cc1nn(C)c(Sc2nnc3n2CCCCC3)c1N. The van der Waals surface area contributed by atoms with Gasteiger partial charge < -0.3 is 10.3 Å². The van der Waals surface area contributed by atoms with Crippen LogP contribution in [-0.2, 0) is 20.0 Å². The van der Waals surface area contributed by atoms with Crippen LogP contribution in [-0.4, -0.2) is 24.5 Å². The lowest BCUT2D eigenvalue weighted by Gasteiger charge is -2.06. The van der Waals surface area contributed by atoms with Crippen LogP contribution in [0.2, 0.25) is 0 Å². The summed E-state index contributed by atoms with van der Waals surface area (Å²) < 4.78 is 4.03. The van der Waals surface area contributed by atoms with Crippen LogP contribution in [0.1, 0.15) is 30.8 Å². The van der Waals surface area contributed by atoms with Gasteiger partial charge in [0, 0.05) is 20.0 Å². The number of hydrogen-bond acceptors (Lipinski definition) is 5. The van der Waals surface area contributed by atoms with Crippen molar-refractivity contribution in [2.24, 2.45) is 7.05 Å². The number of aryl methyl sites for hydroxylation is 3. The Kier molecular flexibility index (Phi) is 3.22. The summed E-state index contributed by atoms with van der Waals surface area (Å²) in [5, 5.41) is 14.8. The van der Waals surface area contributed by atoms with Crippen LogP contribution in [0.3, 0.4) is 0 Å². The molecule has 6 nitrogen and oxygen atoms in total. The van der Waals surface area contributed by atoms with Crippen LogP contribution in [0.4, 0.5) is 5.69 Å². The summed E-state index contributed by atoms with van der Waals surface area (Å²) in [6.45, 7) is 2.92. The van der Waals surface area contributed by atoms with Crippen molar-refractivity contribution in [3.8, 4) is 0 Å². The molecule has 0 spiro atoms. The second-order valence-electron chi connectivity index (χ2n) is 4.89. The van der Waals surface area contributed by atoms with Crippen molar-refractivity contribution in [2.75, 3.05) is 5.73 Å². The molecule has 0 saturated heterocycles. The number of aromatic nitrogens is 5. The van der Waals surface area contributed by atoms with E-state index in [2.05, 4.69) is 19.9 Å². The van der Waals surface area contributed by atoms with E-state index in [1.54, 1.807) is 11.8 Å². The molecule has 0 fully saturated rings. The fourth-order valence-corrected chi connectivity index (χ4v) is 3.39. The average molecular weight is 278 g/mol. The summed E-state index contributed by atoms with van der Waals surface area (Å²) in [6.07, 6.45) is 4.68. The van der Waals surface area contributed by atoms with Crippen LogP contribution in [0.15, 0.2) is 10.2 Å². The number of anilines is 1. The summed E-state index contributed by atoms with van der Waals surface area (Å²) in [7, 11) is 1.91. The monoisotopic (exact) mass is 278 g/mol. The molecule has 7 heteroatoms. The molecule has 0 saturated carbocycles. The van der Waals surface area contributed by atoms with Gasteiger partial charge in [0.25, 0.3) is 0 Å². The maximum Gasteiger partial charge on any atom is 0.197 e. The van der Waals surface area contributed by atoms with E-state index < -0.39 is 0 Å². The van der Waals surface area contributed by atoms with Crippen molar-refractivity contribution in [3.05, 3.63) is 11.5 Å². The highest BCUT2D eigenvalue weighted by atomic mass is 32.2. The van der Waals surface area contributed by atoms with E-state index in [-0.39, 0.29) is 0 Å². The molecule has 0 radical (unpaired) electrons. The Balaban J connectivity index is 1.93. The highest BCUT2D eigenvalue weighted by Crippen LogP contribution is 2.33. The van der Waals surface area contributed by atoms with Gasteiger partial charge in [-0.15, -0.1) is 10.2 Å². The van der Waals surface area contributed by atoms with E-state index in [1.165, 1.54) is 19.3 Å². The lowest BCUT2D eigenvalue weighted by molar-refractivity contribution is 0.589. The molecule has 2 N–H and O–H groups in total. The van der Waals surface area contributed by atoms with Crippen molar-refractivity contribution in [3.63, 3.8) is 0 Å². The fraction of sp³-hybridized carbons (Fsp3) is 0.583. The Morgan fingerprint density at radius 2 is 2.05 bits per heavy atom.